The number of carbonyl (C=O) groups is 1. The van der Waals surface area contributed by atoms with Gasteiger partial charge >= 0.3 is 0 Å². The van der Waals surface area contributed by atoms with Crippen LogP contribution in [0.1, 0.15) is 35.1 Å². The Hall–Kier alpha value is -2.35. The molecule has 8 heteroatoms. The number of hydrogen-bond donors (Lipinski definition) is 1. The van der Waals surface area contributed by atoms with Crippen molar-refractivity contribution in [1.29, 1.82) is 0 Å². The van der Waals surface area contributed by atoms with Crippen LogP contribution in [0.5, 0.6) is 0 Å². The standard InChI is InChI=1S/C19H26N4O3S/c1-14(13-22-10-8-20-15(22)2)12-21-19(24)17-6-7-18-16(11-17)5-4-9-23(18)27(3,25)26/h6-8,10-11,14H,4-5,9,12-13H2,1-3H3,(H,21,24). The van der Waals surface area contributed by atoms with Crippen molar-refractivity contribution in [1.82, 2.24) is 14.9 Å². The zero-order chi connectivity index (χ0) is 19.6. The fraction of sp³-hybridized carbons (Fsp3) is 0.474. The summed E-state index contributed by atoms with van der Waals surface area (Å²) in [6.45, 7) is 5.87. The van der Waals surface area contributed by atoms with Gasteiger partial charge in [0, 0.05) is 37.6 Å². The van der Waals surface area contributed by atoms with E-state index < -0.39 is 10.0 Å². The van der Waals surface area contributed by atoms with E-state index in [4.69, 9.17) is 0 Å². The number of nitrogens with zero attached hydrogens (tertiary/aromatic N) is 3. The Morgan fingerprint density at radius 2 is 2.15 bits per heavy atom. The van der Waals surface area contributed by atoms with Gasteiger partial charge in [0.1, 0.15) is 5.82 Å². The van der Waals surface area contributed by atoms with E-state index in [0.717, 1.165) is 30.8 Å². The summed E-state index contributed by atoms with van der Waals surface area (Å²) in [5.74, 6) is 1.09. The van der Waals surface area contributed by atoms with Gasteiger partial charge in [-0.2, -0.15) is 0 Å². The molecule has 3 rings (SSSR count). The molecule has 0 radical (unpaired) electrons. The topological polar surface area (TPSA) is 84.3 Å². The second kappa shape index (κ2) is 7.72. The molecular weight excluding hydrogens is 364 g/mol. The summed E-state index contributed by atoms with van der Waals surface area (Å²) in [6, 6.07) is 5.25. The van der Waals surface area contributed by atoms with Gasteiger partial charge < -0.3 is 9.88 Å². The zero-order valence-electron chi connectivity index (χ0n) is 16.0. The number of amides is 1. The summed E-state index contributed by atoms with van der Waals surface area (Å²) < 4.78 is 27.4. The highest BCUT2D eigenvalue weighted by atomic mass is 32.2. The van der Waals surface area contributed by atoms with Gasteiger partial charge in [-0.15, -0.1) is 0 Å². The molecule has 2 heterocycles. The van der Waals surface area contributed by atoms with Gasteiger partial charge in [0.05, 0.1) is 11.9 Å². The molecule has 146 valence electrons. The van der Waals surface area contributed by atoms with E-state index >= 15 is 0 Å². The number of imidazole rings is 1. The van der Waals surface area contributed by atoms with Gasteiger partial charge in [0.25, 0.3) is 5.91 Å². The van der Waals surface area contributed by atoms with Crippen molar-refractivity contribution in [2.45, 2.75) is 33.2 Å². The smallest absolute Gasteiger partial charge is 0.251 e. The summed E-state index contributed by atoms with van der Waals surface area (Å²) in [7, 11) is -3.30. The van der Waals surface area contributed by atoms with Crippen LogP contribution in [0.25, 0.3) is 0 Å². The Kier molecular flexibility index (Phi) is 5.55. The highest BCUT2D eigenvalue weighted by Crippen LogP contribution is 2.29. The van der Waals surface area contributed by atoms with Crippen LogP contribution in [0.3, 0.4) is 0 Å². The Morgan fingerprint density at radius 3 is 2.81 bits per heavy atom. The molecule has 2 aromatic rings. The lowest BCUT2D eigenvalue weighted by Crippen LogP contribution is -2.35. The number of fused-ring (bicyclic) bond motifs is 1. The molecule has 0 saturated heterocycles. The monoisotopic (exact) mass is 390 g/mol. The zero-order valence-corrected chi connectivity index (χ0v) is 16.8. The highest BCUT2D eigenvalue weighted by Gasteiger charge is 2.24. The molecule has 1 aliphatic heterocycles. The van der Waals surface area contributed by atoms with E-state index in [1.165, 1.54) is 10.6 Å². The maximum atomic E-state index is 12.5. The van der Waals surface area contributed by atoms with Gasteiger partial charge in [-0.1, -0.05) is 6.92 Å². The van der Waals surface area contributed by atoms with Gasteiger partial charge in [-0.05, 0) is 49.4 Å². The first-order valence-electron chi connectivity index (χ1n) is 9.12. The molecule has 1 N–H and O–H groups in total. The van der Waals surface area contributed by atoms with Crippen LogP contribution < -0.4 is 9.62 Å². The molecule has 1 amide bonds. The van der Waals surface area contributed by atoms with E-state index in [2.05, 4.69) is 21.8 Å². The average molecular weight is 391 g/mol. The first-order chi connectivity index (χ1) is 12.8. The second-order valence-electron chi connectivity index (χ2n) is 7.22. The molecule has 1 aromatic heterocycles. The summed E-state index contributed by atoms with van der Waals surface area (Å²) in [6.07, 6.45) is 6.45. The number of aromatic nitrogens is 2. The third-order valence-corrected chi connectivity index (χ3v) is 6.04. The number of nitrogens with one attached hydrogen (secondary N) is 1. The average Bonchev–Trinajstić information content (AvgIpc) is 3.02. The van der Waals surface area contributed by atoms with E-state index in [1.54, 1.807) is 18.3 Å². The summed E-state index contributed by atoms with van der Waals surface area (Å²) in [4.78, 5) is 16.7. The minimum absolute atomic E-state index is 0.136. The minimum atomic E-state index is -3.30. The van der Waals surface area contributed by atoms with Gasteiger partial charge in [0.15, 0.2) is 0 Å². The SMILES string of the molecule is Cc1nccn1CC(C)CNC(=O)c1ccc2c(c1)CCCN2S(C)(=O)=O. The summed E-state index contributed by atoms with van der Waals surface area (Å²) >= 11 is 0. The molecule has 0 spiro atoms. The maximum Gasteiger partial charge on any atom is 0.251 e. The van der Waals surface area contributed by atoms with E-state index in [0.29, 0.717) is 24.3 Å². The minimum Gasteiger partial charge on any atom is -0.352 e. The fourth-order valence-electron chi connectivity index (χ4n) is 3.41. The molecule has 27 heavy (non-hydrogen) atoms. The molecular formula is C19H26N4O3S. The Bertz CT molecular complexity index is 936. The first-order valence-corrected chi connectivity index (χ1v) is 11.0. The number of aryl methyl sites for hydroxylation is 2. The number of hydrogen-bond acceptors (Lipinski definition) is 4. The molecule has 0 bridgehead atoms. The molecule has 1 atom stereocenters. The van der Waals surface area contributed by atoms with Crippen LogP contribution in [-0.2, 0) is 23.0 Å². The van der Waals surface area contributed by atoms with E-state index in [1.807, 2.05) is 19.2 Å². The largest absolute Gasteiger partial charge is 0.352 e. The lowest BCUT2D eigenvalue weighted by molar-refractivity contribution is 0.0946. The number of anilines is 1. The van der Waals surface area contributed by atoms with E-state index in [-0.39, 0.29) is 11.8 Å². The Balaban J connectivity index is 1.65. The molecule has 7 nitrogen and oxygen atoms in total. The van der Waals surface area contributed by atoms with Crippen LogP contribution in [0.2, 0.25) is 0 Å². The summed E-state index contributed by atoms with van der Waals surface area (Å²) in [5, 5.41) is 2.97. The molecule has 1 aliphatic rings. The van der Waals surface area contributed by atoms with Crippen LogP contribution in [0, 0.1) is 12.8 Å². The van der Waals surface area contributed by atoms with Crippen molar-refractivity contribution in [3.63, 3.8) is 0 Å². The van der Waals surface area contributed by atoms with E-state index in [9.17, 15) is 13.2 Å². The molecule has 0 aliphatic carbocycles. The third-order valence-electron chi connectivity index (χ3n) is 4.86. The van der Waals surface area contributed by atoms with Crippen LogP contribution in [-0.4, -0.2) is 43.2 Å². The maximum absolute atomic E-state index is 12.5. The van der Waals surface area contributed by atoms with Gasteiger partial charge in [-0.25, -0.2) is 13.4 Å². The predicted octanol–water partition coefficient (Wildman–Crippen LogP) is 1.97. The number of sulfonamides is 1. The fourth-order valence-corrected chi connectivity index (χ4v) is 4.41. The normalized spacial score (nSPS) is 15.3. The predicted molar refractivity (Wildman–Crippen MR) is 105 cm³/mol. The number of carbonyl (C=O) groups excluding carboxylic acids is 1. The molecule has 0 fully saturated rings. The number of benzene rings is 1. The van der Waals surface area contributed by atoms with Gasteiger partial charge in [0.2, 0.25) is 10.0 Å². The van der Waals surface area contributed by atoms with Crippen molar-refractivity contribution in [3.05, 3.63) is 47.5 Å². The van der Waals surface area contributed by atoms with Crippen LogP contribution >= 0.6 is 0 Å². The highest BCUT2D eigenvalue weighted by molar-refractivity contribution is 7.92. The molecule has 1 aromatic carbocycles. The van der Waals surface area contributed by atoms with Crippen molar-refractivity contribution < 1.29 is 13.2 Å². The number of rotatable bonds is 6. The summed E-state index contributed by atoms with van der Waals surface area (Å²) in [5.41, 5.74) is 2.15. The van der Waals surface area contributed by atoms with Gasteiger partial charge in [-0.3, -0.25) is 9.10 Å². The van der Waals surface area contributed by atoms with Crippen molar-refractivity contribution in [2.75, 3.05) is 23.7 Å². The second-order valence-corrected chi connectivity index (χ2v) is 9.13. The Morgan fingerprint density at radius 1 is 1.37 bits per heavy atom. The quantitative estimate of drug-likeness (QED) is 0.817. The third kappa shape index (κ3) is 4.50. The van der Waals surface area contributed by atoms with Crippen molar-refractivity contribution in [3.8, 4) is 0 Å². The van der Waals surface area contributed by atoms with Crippen molar-refractivity contribution in [2.24, 2.45) is 5.92 Å². The molecule has 0 saturated carbocycles. The lowest BCUT2D eigenvalue weighted by Gasteiger charge is -2.29. The Labute approximate surface area is 160 Å². The van der Waals surface area contributed by atoms with Crippen LogP contribution in [0.4, 0.5) is 5.69 Å². The van der Waals surface area contributed by atoms with Crippen molar-refractivity contribution >= 4 is 21.6 Å². The van der Waals surface area contributed by atoms with Crippen LogP contribution in [0.15, 0.2) is 30.6 Å². The first kappa shape index (κ1) is 19.4. The molecule has 1 unspecified atom stereocenters. The lowest BCUT2D eigenvalue weighted by atomic mass is 10.0.